The Labute approximate surface area is 313 Å². The fourth-order valence-electron chi connectivity index (χ4n) is 8.49. The van der Waals surface area contributed by atoms with Crippen molar-refractivity contribution < 1.29 is 0 Å². The molecule has 0 aliphatic carbocycles. The Morgan fingerprint density at radius 1 is 0.222 bits per heavy atom. The molecule has 0 amide bonds. The van der Waals surface area contributed by atoms with Gasteiger partial charge in [0.25, 0.3) is 0 Å². The molecule has 0 aliphatic heterocycles. The van der Waals surface area contributed by atoms with Gasteiger partial charge in [-0.15, -0.1) is 0 Å². The molecule has 9 aromatic carbocycles. The third-order valence-electron chi connectivity index (χ3n) is 11.1. The van der Waals surface area contributed by atoms with Crippen LogP contribution in [0.2, 0.25) is 0 Å². The second-order valence-corrected chi connectivity index (χ2v) is 14.2. The van der Waals surface area contributed by atoms with Crippen LogP contribution in [0, 0.1) is 0 Å². The van der Waals surface area contributed by atoms with Crippen molar-refractivity contribution in [1.82, 2.24) is 9.13 Å². The van der Waals surface area contributed by atoms with Gasteiger partial charge in [0.1, 0.15) is 0 Å². The highest BCUT2D eigenvalue weighted by molar-refractivity contribution is 6.12. The summed E-state index contributed by atoms with van der Waals surface area (Å²) < 4.78 is 4.81. The van der Waals surface area contributed by atoms with E-state index in [9.17, 15) is 0 Å². The Kier molecular flexibility index (Phi) is 6.90. The highest BCUT2D eigenvalue weighted by atomic mass is 15.0. The molecule has 252 valence electrons. The largest absolute Gasteiger partial charge is 0.309 e. The van der Waals surface area contributed by atoms with Crippen LogP contribution in [-0.4, -0.2) is 9.13 Å². The Morgan fingerprint density at radius 3 is 1.37 bits per heavy atom. The zero-order valence-corrected chi connectivity index (χ0v) is 29.5. The summed E-state index contributed by atoms with van der Waals surface area (Å²) in [4.78, 5) is 0. The highest BCUT2D eigenvalue weighted by Crippen LogP contribution is 2.39. The molecule has 0 spiro atoms. The molecule has 0 radical (unpaired) electrons. The molecule has 11 aromatic rings. The smallest absolute Gasteiger partial charge is 0.0541 e. The summed E-state index contributed by atoms with van der Waals surface area (Å²) in [6, 6.07) is 75.2. The molecule has 0 N–H and O–H groups in total. The molecular formula is C52H34N2. The van der Waals surface area contributed by atoms with Crippen molar-refractivity contribution in [2.75, 3.05) is 0 Å². The lowest BCUT2D eigenvalue weighted by atomic mass is 10.0. The second kappa shape index (κ2) is 12.2. The number of aromatic nitrogens is 2. The standard InChI is InChI=1S/C52H34N2/c1-2-11-35(12-3-1)39-15-10-16-44(32-39)54-50-20-9-7-18-46(50)48-34-42(26-30-52(48)54)41-25-29-51-47(33-41)45-17-6-8-19-49(45)53(51)43-27-23-37(24-28-43)40-22-21-36-13-4-5-14-38(36)31-40/h1-34H. The van der Waals surface area contributed by atoms with Gasteiger partial charge in [0.15, 0.2) is 0 Å². The molecule has 0 saturated carbocycles. The van der Waals surface area contributed by atoms with Crippen LogP contribution >= 0.6 is 0 Å². The predicted octanol–water partition coefficient (Wildman–Crippen LogP) is 14.0. The maximum Gasteiger partial charge on any atom is 0.0541 e. The Morgan fingerprint density at radius 2 is 0.685 bits per heavy atom. The molecule has 2 nitrogen and oxygen atoms in total. The van der Waals surface area contributed by atoms with Gasteiger partial charge in [-0.25, -0.2) is 0 Å². The minimum absolute atomic E-state index is 1.16. The molecule has 0 fully saturated rings. The van der Waals surface area contributed by atoms with E-state index < -0.39 is 0 Å². The quantitative estimate of drug-likeness (QED) is 0.171. The summed E-state index contributed by atoms with van der Waals surface area (Å²) in [6.07, 6.45) is 0. The second-order valence-electron chi connectivity index (χ2n) is 14.2. The van der Waals surface area contributed by atoms with Crippen LogP contribution in [0.5, 0.6) is 0 Å². The third kappa shape index (κ3) is 4.88. The lowest BCUT2D eigenvalue weighted by Gasteiger charge is -2.11. The summed E-state index contributed by atoms with van der Waals surface area (Å²) in [5.41, 5.74) is 14.4. The van der Waals surface area contributed by atoms with Gasteiger partial charge in [-0.1, -0.05) is 140 Å². The third-order valence-corrected chi connectivity index (χ3v) is 11.1. The summed E-state index contributed by atoms with van der Waals surface area (Å²) in [7, 11) is 0. The van der Waals surface area contributed by atoms with E-state index in [2.05, 4.69) is 215 Å². The SMILES string of the molecule is c1ccc(-c2cccc(-n3c4ccccc4c4cc(-c5ccc6c(c5)c5ccccc5n6-c5ccc(-c6ccc7ccccc7c6)cc5)ccc43)c2)cc1. The van der Waals surface area contributed by atoms with E-state index in [1.54, 1.807) is 0 Å². The first-order valence-corrected chi connectivity index (χ1v) is 18.6. The molecule has 2 heterocycles. The number of hydrogen-bond acceptors (Lipinski definition) is 0. The molecule has 0 aliphatic rings. The maximum absolute atomic E-state index is 2.41. The van der Waals surface area contributed by atoms with Crippen molar-refractivity contribution in [2.24, 2.45) is 0 Å². The molecule has 0 unspecified atom stereocenters. The Balaban J connectivity index is 1.01. The minimum atomic E-state index is 1.16. The first-order valence-electron chi connectivity index (χ1n) is 18.6. The molecule has 0 saturated heterocycles. The molecule has 11 rings (SSSR count). The summed E-state index contributed by atoms with van der Waals surface area (Å²) >= 11 is 0. The zero-order chi connectivity index (χ0) is 35.6. The normalized spacial score (nSPS) is 11.7. The van der Waals surface area contributed by atoms with E-state index in [0.29, 0.717) is 0 Å². The molecule has 0 atom stereocenters. The lowest BCUT2D eigenvalue weighted by Crippen LogP contribution is -1.94. The van der Waals surface area contributed by atoms with Gasteiger partial charge in [-0.3, -0.25) is 0 Å². The number of benzene rings is 9. The van der Waals surface area contributed by atoms with Crippen molar-refractivity contribution in [3.8, 4) is 44.8 Å². The van der Waals surface area contributed by atoms with Crippen LogP contribution in [0.25, 0.3) is 99.1 Å². The van der Waals surface area contributed by atoms with Crippen LogP contribution < -0.4 is 0 Å². The van der Waals surface area contributed by atoms with Crippen LogP contribution in [0.1, 0.15) is 0 Å². The molecule has 2 heteroatoms. The summed E-state index contributed by atoms with van der Waals surface area (Å²) in [6.45, 7) is 0. The van der Waals surface area contributed by atoms with Crippen LogP contribution in [0.15, 0.2) is 206 Å². The van der Waals surface area contributed by atoms with Gasteiger partial charge in [-0.05, 0) is 111 Å². The van der Waals surface area contributed by atoms with Gasteiger partial charge in [0.2, 0.25) is 0 Å². The number of rotatable bonds is 5. The van der Waals surface area contributed by atoms with Crippen LogP contribution in [0.3, 0.4) is 0 Å². The molecule has 54 heavy (non-hydrogen) atoms. The van der Waals surface area contributed by atoms with Crippen molar-refractivity contribution in [3.63, 3.8) is 0 Å². The highest BCUT2D eigenvalue weighted by Gasteiger charge is 2.16. The fourth-order valence-corrected chi connectivity index (χ4v) is 8.49. The molecule has 0 bridgehead atoms. The van der Waals surface area contributed by atoms with Crippen LogP contribution in [0.4, 0.5) is 0 Å². The van der Waals surface area contributed by atoms with Crippen molar-refractivity contribution >= 4 is 54.4 Å². The fraction of sp³-hybridized carbons (Fsp3) is 0. The number of para-hydroxylation sites is 2. The Hall–Kier alpha value is -7.16. The molecule has 2 aromatic heterocycles. The summed E-state index contributed by atoms with van der Waals surface area (Å²) in [5.74, 6) is 0. The lowest BCUT2D eigenvalue weighted by molar-refractivity contribution is 1.18. The van der Waals surface area contributed by atoms with Crippen molar-refractivity contribution in [2.45, 2.75) is 0 Å². The van der Waals surface area contributed by atoms with Gasteiger partial charge in [0.05, 0.1) is 22.1 Å². The van der Waals surface area contributed by atoms with Gasteiger partial charge < -0.3 is 9.13 Å². The van der Waals surface area contributed by atoms with Gasteiger partial charge in [0, 0.05) is 32.9 Å². The van der Waals surface area contributed by atoms with E-state index in [4.69, 9.17) is 0 Å². The average Bonchev–Trinajstić information content (AvgIpc) is 3.76. The van der Waals surface area contributed by atoms with E-state index in [1.165, 1.54) is 87.8 Å². The minimum Gasteiger partial charge on any atom is -0.309 e. The van der Waals surface area contributed by atoms with Gasteiger partial charge >= 0.3 is 0 Å². The van der Waals surface area contributed by atoms with Crippen LogP contribution in [-0.2, 0) is 0 Å². The first-order chi connectivity index (χ1) is 26.8. The predicted molar refractivity (Wildman–Crippen MR) is 229 cm³/mol. The monoisotopic (exact) mass is 686 g/mol. The van der Waals surface area contributed by atoms with E-state index in [-0.39, 0.29) is 0 Å². The number of nitrogens with zero attached hydrogens (tertiary/aromatic N) is 2. The molecular weight excluding hydrogens is 653 g/mol. The zero-order valence-electron chi connectivity index (χ0n) is 29.5. The van der Waals surface area contributed by atoms with Gasteiger partial charge in [-0.2, -0.15) is 0 Å². The van der Waals surface area contributed by atoms with Crippen molar-refractivity contribution in [1.29, 1.82) is 0 Å². The number of fused-ring (bicyclic) bond motifs is 7. The van der Waals surface area contributed by atoms with E-state index >= 15 is 0 Å². The first kappa shape index (κ1) is 30.5. The average molecular weight is 687 g/mol. The van der Waals surface area contributed by atoms with E-state index in [1.807, 2.05) is 0 Å². The number of hydrogen-bond donors (Lipinski definition) is 0. The topological polar surface area (TPSA) is 9.86 Å². The Bertz CT molecular complexity index is 3200. The maximum atomic E-state index is 2.41. The summed E-state index contributed by atoms with van der Waals surface area (Å²) in [5, 5.41) is 7.53. The van der Waals surface area contributed by atoms with Crippen molar-refractivity contribution in [3.05, 3.63) is 206 Å². The van der Waals surface area contributed by atoms with E-state index in [0.717, 1.165) is 11.4 Å².